The van der Waals surface area contributed by atoms with Crippen LogP contribution < -0.4 is 5.32 Å². The monoisotopic (exact) mass is 284 g/mol. The van der Waals surface area contributed by atoms with Crippen LogP contribution in [-0.2, 0) is 0 Å². The summed E-state index contributed by atoms with van der Waals surface area (Å²) in [6.07, 6.45) is 6.62. The van der Waals surface area contributed by atoms with Crippen molar-refractivity contribution in [3.63, 3.8) is 0 Å². The van der Waals surface area contributed by atoms with Crippen molar-refractivity contribution < 1.29 is 0 Å². The van der Waals surface area contributed by atoms with E-state index in [9.17, 15) is 0 Å². The lowest BCUT2D eigenvalue weighted by molar-refractivity contribution is 0.184. The summed E-state index contributed by atoms with van der Waals surface area (Å²) in [5, 5.41) is 3.63. The molecule has 0 aliphatic heterocycles. The molecule has 0 aromatic heterocycles. The van der Waals surface area contributed by atoms with Crippen molar-refractivity contribution in [2.75, 3.05) is 26.2 Å². The van der Waals surface area contributed by atoms with Gasteiger partial charge in [0.1, 0.15) is 0 Å². The van der Waals surface area contributed by atoms with Crippen LogP contribution in [-0.4, -0.2) is 37.1 Å². The van der Waals surface area contributed by atoms with Gasteiger partial charge in [-0.25, -0.2) is 0 Å². The zero-order chi connectivity index (χ0) is 15.4. The van der Waals surface area contributed by atoms with E-state index in [1.807, 2.05) is 0 Å². The van der Waals surface area contributed by atoms with Crippen LogP contribution in [0.3, 0.4) is 0 Å². The molecule has 0 aromatic carbocycles. The van der Waals surface area contributed by atoms with Gasteiger partial charge in [0, 0.05) is 12.6 Å². The van der Waals surface area contributed by atoms with Crippen LogP contribution in [0.1, 0.15) is 73.6 Å². The zero-order valence-electron chi connectivity index (χ0n) is 15.0. The van der Waals surface area contributed by atoms with Gasteiger partial charge in [-0.15, -0.1) is 0 Å². The Balaban J connectivity index is 4.00. The third-order valence-electron chi connectivity index (χ3n) is 4.01. The predicted octanol–water partition coefficient (Wildman–Crippen LogP) is 4.55. The fourth-order valence-corrected chi connectivity index (χ4v) is 2.34. The lowest BCUT2D eigenvalue weighted by Crippen LogP contribution is -2.42. The Kier molecular flexibility index (Phi) is 12.6. The van der Waals surface area contributed by atoms with Crippen molar-refractivity contribution in [2.24, 2.45) is 11.8 Å². The predicted molar refractivity (Wildman–Crippen MR) is 92.3 cm³/mol. The molecule has 0 saturated heterocycles. The molecule has 0 amide bonds. The van der Waals surface area contributed by atoms with Crippen molar-refractivity contribution in [2.45, 2.75) is 79.7 Å². The molecule has 1 unspecified atom stereocenters. The van der Waals surface area contributed by atoms with Gasteiger partial charge in [-0.1, -0.05) is 47.5 Å². The van der Waals surface area contributed by atoms with Crippen molar-refractivity contribution in [1.29, 1.82) is 0 Å². The first kappa shape index (κ1) is 19.9. The van der Waals surface area contributed by atoms with Crippen molar-refractivity contribution in [3.05, 3.63) is 0 Å². The molecule has 0 radical (unpaired) electrons. The fraction of sp³-hybridized carbons (Fsp3) is 1.00. The van der Waals surface area contributed by atoms with Gasteiger partial charge in [0.2, 0.25) is 0 Å². The number of unbranched alkanes of at least 4 members (excludes halogenated alkanes) is 2. The van der Waals surface area contributed by atoms with Crippen LogP contribution in [0.15, 0.2) is 0 Å². The molecule has 0 bridgehead atoms. The maximum absolute atomic E-state index is 3.63. The molecule has 0 heterocycles. The lowest BCUT2D eigenvalue weighted by atomic mass is 10.1. The summed E-state index contributed by atoms with van der Waals surface area (Å²) < 4.78 is 0. The molecule has 20 heavy (non-hydrogen) atoms. The molecule has 0 rings (SSSR count). The summed E-state index contributed by atoms with van der Waals surface area (Å²) in [4.78, 5) is 2.69. The topological polar surface area (TPSA) is 15.3 Å². The minimum atomic E-state index is 0.661. The van der Waals surface area contributed by atoms with Gasteiger partial charge in [-0.05, 0) is 57.7 Å². The highest BCUT2D eigenvalue weighted by molar-refractivity contribution is 4.71. The number of rotatable bonds is 13. The second-order valence-corrected chi connectivity index (χ2v) is 7.16. The Labute approximate surface area is 128 Å². The highest BCUT2D eigenvalue weighted by Crippen LogP contribution is 2.09. The average molecular weight is 285 g/mol. The normalized spacial score (nSPS) is 13.7. The first-order valence-corrected chi connectivity index (χ1v) is 8.92. The standard InChI is InChI=1S/C18H40N2/c1-7-8-9-12-19-15-18(6)20(13-10-16(2)3)14-11-17(4)5/h16-19H,7-15H2,1-6H3. The first-order valence-electron chi connectivity index (χ1n) is 8.92. The highest BCUT2D eigenvalue weighted by Gasteiger charge is 2.14. The van der Waals surface area contributed by atoms with Crippen LogP contribution in [0.25, 0.3) is 0 Å². The Hall–Kier alpha value is -0.0800. The van der Waals surface area contributed by atoms with Crippen molar-refractivity contribution >= 4 is 0 Å². The van der Waals surface area contributed by atoms with E-state index in [1.54, 1.807) is 0 Å². The van der Waals surface area contributed by atoms with E-state index in [0.29, 0.717) is 6.04 Å². The third kappa shape index (κ3) is 11.7. The molecule has 2 heteroatoms. The van der Waals surface area contributed by atoms with E-state index in [-0.39, 0.29) is 0 Å². The van der Waals surface area contributed by atoms with Crippen LogP contribution in [0.4, 0.5) is 0 Å². The van der Waals surface area contributed by atoms with Crippen molar-refractivity contribution in [1.82, 2.24) is 10.2 Å². The third-order valence-corrected chi connectivity index (χ3v) is 4.01. The molecular weight excluding hydrogens is 244 g/mol. The second-order valence-electron chi connectivity index (χ2n) is 7.16. The first-order chi connectivity index (χ1) is 9.47. The summed E-state index contributed by atoms with van der Waals surface area (Å²) in [5.74, 6) is 1.61. The highest BCUT2D eigenvalue weighted by atomic mass is 15.2. The quantitative estimate of drug-likeness (QED) is 0.499. The summed E-state index contributed by atoms with van der Waals surface area (Å²) in [5.41, 5.74) is 0. The molecular formula is C18H40N2. The van der Waals surface area contributed by atoms with Gasteiger partial charge in [0.15, 0.2) is 0 Å². The van der Waals surface area contributed by atoms with Gasteiger partial charge in [-0.2, -0.15) is 0 Å². The van der Waals surface area contributed by atoms with Gasteiger partial charge in [0.05, 0.1) is 0 Å². The minimum absolute atomic E-state index is 0.661. The smallest absolute Gasteiger partial charge is 0.0192 e. The fourth-order valence-electron chi connectivity index (χ4n) is 2.34. The second kappa shape index (κ2) is 12.6. The van der Waals surface area contributed by atoms with Gasteiger partial charge < -0.3 is 5.32 Å². The summed E-state index contributed by atoms with van der Waals surface area (Å²) >= 11 is 0. The van der Waals surface area contributed by atoms with Gasteiger partial charge in [0.25, 0.3) is 0 Å². The molecule has 0 fully saturated rings. The average Bonchev–Trinajstić information content (AvgIpc) is 2.37. The number of nitrogens with one attached hydrogen (secondary N) is 1. The maximum Gasteiger partial charge on any atom is 0.0192 e. The number of hydrogen-bond acceptors (Lipinski definition) is 2. The molecule has 0 aliphatic carbocycles. The number of nitrogens with zero attached hydrogens (tertiary/aromatic N) is 1. The molecule has 0 aromatic rings. The molecule has 1 N–H and O–H groups in total. The van der Waals surface area contributed by atoms with E-state index in [0.717, 1.165) is 18.4 Å². The van der Waals surface area contributed by atoms with E-state index >= 15 is 0 Å². The SMILES string of the molecule is CCCCCNCC(C)N(CCC(C)C)CCC(C)C. The Bertz CT molecular complexity index is 190. The van der Waals surface area contributed by atoms with Crippen molar-refractivity contribution in [3.8, 4) is 0 Å². The molecule has 1 atom stereocenters. The Morgan fingerprint density at radius 1 is 0.850 bits per heavy atom. The molecule has 0 spiro atoms. The summed E-state index contributed by atoms with van der Waals surface area (Å²) in [7, 11) is 0. The minimum Gasteiger partial charge on any atom is -0.315 e. The van der Waals surface area contributed by atoms with Crippen LogP contribution in [0.5, 0.6) is 0 Å². The Morgan fingerprint density at radius 2 is 1.40 bits per heavy atom. The molecule has 2 nitrogen and oxygen atoms in total. The van der Waals surface area contributed by atoms with Crippen LogP contribution in [0.2, 0.25) is 0 Å². The number of hydrogen-bond donors (Lipinski definition) is 1. The summed E-state index contributed by atoms with van der Waals surface area (Å²) in [6.45, 7) is 18.8. The lowest BCUT2D eigenvalue weighted by Gasteiger charge is -2.30. The Morgan fingerprint density at radius 3 is 1.85 bits per heavy atom. The molecule has 122 valence electrons. The maximum atomic E-state index is 3.63. The molecule has 0 aliphatic rings. The largest absolute Gasteiger partial charge is 0.315 e. The van der Waals surface area contributed by atoms with E-state index in [1.165, 1.54) is 51.7 Å². The summed E-state index contributed by atoms with van der Waals surface area (Å²) in [6, 6.07) is 0.661. The van der Waals surface area contributed by atoms with Gasteiger partial charge >= 0.3 is 0 Å². The molecule has 0 saturated carbocycles. The van der Waals surface area contributed by atoms with E-state index in [2.05, 4.69) is 51.8 Å². The van der Waals surface area contributed by atoms with Gasteiger partial charge in [-0.3, -0.25) is 4.90 Å². The van der Waals surface area contributed by atoms with Crippen LogP contribution >= 0.6 is 0 Å². The van der Waals surface area contributed by atoms with E-state index < -0.39 is 0 Å². The van der Waals surface area contributed by atoms with Crippen LogP contribution in [0, 0.1) is 11.8 Å². The zero-order valence-corrected chi connectivity index (χ0v) is 15.0. The van der Waals surface area contributed by atoms with E-state index in [4.69, 9.17) is 0 Å².